The molecule has 1 heterocycles. The van der Waals surface area contributed by atoms with Gasteiger partial charge in [0.05, 0.1) is 13.2 Å². The summed E-state index contributed by atoms with van der Waals surface area (Å²) in [5, 5.41) is 0. The van der Waals surface area contributed by atoms with Crippen LogP contribution in [0.15, 0.2) is 29.1 Å². The van der Waals surface area contributed by atoms with E-state index in [0.29, 0.717) is 23.9 Å². The summed E-state index contributed by atoms with van der Waals surface area (Å²) in [5.74, 6) is 2.11. The Kier molecular flexibility index (Phi) is 4.59. The van der Waals surface area contributed by atoms with E-state index in [4.69, 9.17) is 15.2 Å². The molecule has 0 atom stereocenters. The molecule has 112 valence electrons. The third-order valence-corrected chi connectivity index (χ3v) is 2.92. The summed E-state index contributed by atoms with van der Waals surface area (Å²) in [7, 11) is 1.57. The van der Waals surface area contributed by atoms with Crippen molar-refractivity contribution in [2.75, 3.05) is 7.11 Å². The minimum atomic E-state index is -0.245. The Bertz CT molecular complexity index is 658. The van der Waals surface area contributed by atoms with Gasteiger partial charge in [0.2, 0.25) is 5.88 Å². The monoisotopic (exact) mass is 289 g/mol. The van der Waals surface area contributed by atoms with Crippen molar-refractivity contribution in [3.8, 4) is 17.4 Å². The maximum atomic E-state index is 11.6. The van der Waals surface area contributed by atoms with Crippen molar-refractivity contribution in [3.63, 3.8) is 0 Å². The normalized spacial score (nSPS) is 10.7. The molecule has 0 bridgehead atoms. The number of rotatable bonds is 5. The predicted octanol–water partition coefficient (Wildman–Crippen LogP) is 2.15. The van der Waals surface area contributed by atoms with E-state index in [1.165, 1.54) is 6.07 Å². The van der Waals surface area contributed by atoms with E-state index >= 15 is 0 Å². The standard InChI is InChI=1S/C15H19N3O3/c1-9(2)15-17-13(19)7-14(18-15)21-12-5-10(8-16)4-11(6-12)20-3/h4-7,9H,8,16H2,1-3H3,(H,17,18,19). The quantitative estimate of drug-likeness (QED) is 0.880. The molecule has 0 spiro atoms. The summed E-state index contributed by atoms with van der Waals surface area (Å²) in [6.07, 6.45) is 0. The number of hydrogen-bond acceptors (Lipinski definition) is 5. The Labute approximate surface area is 122 Å². The van der Waals surface area contributed by atoms with Crippen molar-refractivity contribution < 1.29 is 9.47 Å². The van der Waals surface area contributed by atoms with Crippen LogP contribution in [0.3, 0.4) is 0 Å². The smallest absolute Gasteiger partial charge is 0.254 e. The molecule has 2 aromatic rings. The molecule has 0 aliphatic heterocycles. The number of methoxy groups -OCH3 is 1. The van der Waals surface area contributed by atoms with Crippen molar-refractivity contribution in [2.24, 2.45) is 5.73 Å². The number of benzene rings is 1. The van der Waals surface area contributed by atoms with Crippen LogP contribution in [0.25, 0.3) is 0 Å². The highest BCUT2D eigenvalue weighted by Gasteiger charge is 2.08. The van der Waals surface area contributed by atoms with Gasteiger partial charge in [-0.3, -0.25) is 4.79 Å². The Morgan fingerprint density at radius 2 is 1.95 bits per heavy atom. The molecule has 21 heavy (non-hydrogen) atoms. The van der Waals surface area contributed by atoms with Gasteiger partial charge in [0.15, 0.2) is 0 Å². The molecule has 2 rings (SSSR count). The van der Waals surface area contributed by atoms with Crippen LogP contribution in [-0.2, 0) is 6.54 Å². The molecule has 0 aliphatic rings. The first-order chi connectivity index (χ1) is 10.0. The fourth-order valence-corrected chi connectivity index (χ4v) is 1.83. The van der Waals surface area contributed by atoms with Gasteiger partial charge in [-0.1, -0.05) is 13.8 Å². The third-order valence-electron chi connectivity index (χ3n) is 2.92. The van der Waals surface area contributed by atoms with Gasteiger partial charge >= 0.3 is 0 Å². The second kappa shape index (κ2) is 6.41. The molecule has 1 aromatic carbocycles. The van der Waals surface area contributed by atoms with E-state index in [1.807, 2.05) is 19.9 Å². The van der Waals surface area contributed by atoms with Crippen LogP contribution in [0.2, 0.25) is 0 Å². The van der Waals surface area contributed by atoms with Crippen LogP contribution < -0.4 is 20.8 Å². The molecule has 0 unspecified atom stereocenters. The minimum absolute atomic E-state index is 0.103. The molecule has 1 aromatic heterocycles. The van der Waals surface area contributed by atoms with Gasteiger partial charge in [-0.05, 0) is 17.7 Å². The average Bonchev–Trinajstić information content (AvgIpc) is 2.46. The van der Waals surface area contributed by atoms with Crippen molar-refractivity contribution in [1.82, 2.24) is 9.97 Å². The number of ether oxygens (including phenoxy) is 2. The predicted molar refractivity (Wildman–Crippen MR) is 79.9 cm³/mol. The van der Waals surface area contributed by atoms with Crippen LogP contribution in [0.1, 0.15) is 31.2 Å². The molecular formula is C15H19N3O3. The van der Waals surface area contributed by atoms with Crippen LogP contribution in [-0.4, -0.2) is 17.1 Å². The Balaban J connectivity index is 2.35. The van der Waals surface area contributed by atoms with E-state index in [-0.39, 0.29) is 17.4 Å². The summed E-state index contributed by atoms with van der Waals surface area (Å²) < 4.78 is 10.9. The van der Waals surface area contributed by atoms with Gasteiger partial charge in [0.1, 0.15) is 17.3 Å². The van der Waals surface area contributed by atoms with Crippen LogP contribution in [0.4, 0.5) is 0 Å². The highest BCUT2D eigenvalue weighted by molar-refractivity contribution is 5.40. The van der Waals surface area contributed by atoms with Crippen molar-refractivity contribution in [2.45, 2.75) is 26.3 Å². The number of nitrogens with one attached hydrogen (secondary N) is 1. The lowest BCUT2D eigenvalue weighted by molar-refractivity contribution is 0.406. The van der Waals surface area contributed by atoms with Crippen LogP contribution in [0, 0.1) is 0 Å². The summed E-state index contributed by atoms with van der Waals surface area (Å²) in [4.78, 5) is 18.6. The molecule has 6 nitrogen and oxygen atoms in total. The average molecular weight is 289 g/mol. The Hall–Kier alpha value is -2.34. The zero-order valence-electron chi connectivity index (χ0n) is 12.3. The Morgan fingerprint density at radius 1 is 1.24 bits per heavy atom. The molecule has 0 saturated carbocycles. The highest BCUT2D eigenvalue weighted by Crippen LogP contribution is 2.26. The fraction of sp³-hybridized carbons (Fsp3) is 0.333. The number of hydrogen-bond donors (Lipinski definition) is 2. The van der Waals surface area contributed by atoms with E-state index < -0.39 is 0 Å². The lowest BCUT2D eigenvalue weighted by Crippen LogP contribution is -2.12. The number of nitrogens with zero attached hydrogens (tertiary/aromatic N) is 1. The molecule has 0 aliphatic carbocycles. The van der Waals surface area contributed by atoms with Crippen molar-refractivity contribution >= 4 is 0 Å². The number of aromatic amines is 1. The van der Waals surface area contributed by atoms with Crippen LogP contribution in [0.5, 0.6) is 17.4 Å². The first kappa shape index (κ1) is 15.1. The summed E-state index contributed by atoms with van der Waals surface area (Å²) in [6, 6.07) is 6.66. The summed E-state index contributed by atoms with van der Waals surface area (Å²) >= 11 is 0. The van der Waals surface area contributed by atoms with E-state index in [1.54, 1.807) is 19.2 Å². The van der Waals surface area contributed by atoms with Crippen molar-refractivity contribution in [3.05, 3.63) is 46.0 Å². The summed E-state index contributed by atoms with van der Waals surface area (Å²) in [5.41, 5.74) is 6.27. The SMILES string of the molecule is COc1cc(CN)cc(Oc2cc(=O)[nH]c(C(C)C)n2)c1. The molecule has 0 fully saturated rings. The molecule has 6 heteroatoms. The Morgan fingerprint density at radius 3 is 2.57 bits per heavy atom. The molecule has 3 N–H and O–H groups in total. The zero-order chi connectivity index (χ0) is 15.4. The second-order valence-electron chi connectivity index (χ2n) is 4.95. The van der Waals surface area contributed by atoms with Gasteiger partial charge in [0.25, 0.3) is 5.56 Å². The van der Waals surface area contributed by atoms with Crippen molar-refractivity contribution in [1.29, 1.82) is 0 Å². The lowest BCUT2D eigenvalue weighted by atomic mass is 10.2. The van der Waals surface area contributed by atoms with E-state index in [9.17, 15) is 4.79 Å². The van der Waals surface area contributed by atoms with E-state index in [0.717, 1.165) is 5.56 Å². The first-order valence-electron chi connectivity index (χ1n) is 6.69. The third kappa shape index (κ3) is 3.82. The van der Waals surface area contributed by atoms with E-state index in [2.05, 4.69) is 9.97 Å². The molecule has 0 radical (unpaired) electrons. The highest BCUT2D eigenvalue weighted by atomic mass is 16.5. The number of aromatic nitrogens is 2. The van der Waals surface area contributed by atoms with Gasteiger partial charge in [-0.25, -0.2) is 0 Å². The fourth-order valence-electron chi connectivity index (χ4n) is 1.83. The zero-order valence-corrected chi connectivity index (χ0v) is 12.3. The van der Waals surface area contributed by atoms with Gasteiger partial charge in [-0.2, -0.15) is 4.98 Å². The molecule has 0 amide bonds. The van der Waals surface area contributed by atoms with Gasteiger partial charge in [0, 0.05) is 18.5 Å². The molecular weight excluding hydrogens is 270 g/mol. The number of nitrogens with two attached hydrogens (primary N) is 1. The minimum Gasteiger partial charge on any atom is -0.497 e. The number of H-pyrrole nitrogens is 1. The summed E-state index contributed by atoms with van der Waals surface area (Å²) in [6.45, 7) is 4.26. The van der Waals surface area contributed by atoms with Crippen LogP contribution >= 0.6 is 0 Å². The molecule has 0 saturated heterocycles. The maximum absolute atomic E-state index is 11.6. The first-order valence-corrected chi connectivity index (χ1v) is 6.69. The largest absolute Gasteiger partial charge is 0.497 e. The topological polar surface area (TPSA) is 90.2 Å². The second-order valence-corrected chi connectivity index (χ2v) is 4.95. The maximum Gasteiger partial charge on any atom is 0.254 e. The van der Waals surface area contributed by atoms with Gasteiger partial charge in [-0.15, -0.1) is 0 Å². The van der Waals surface area contributed by atoms with Gasteiger partial charge < -0.3 is 20.2 Å². The lowest BCUT2D eigenvalue weighted by Gasteiger charge is -2.10.